The molecular weight excluding hydrogens is 476 g/mol. The molecule has 0 aliphatic rings. The molecule has 38 heavy (non-hydrogen) atoms. The number of aryl methyl sites for hydroxylation is 1. The van der Waals surface area contributed by atoms with Gasteiger partial charge in [0.1, 0.15) is 18.1 Å². The van der Waals surface area contributed by atoms with Gasteiger partial charge >= 0.3 is 0 Å². The number of aromatic nitrogens is 2. The fourth-order valence-corrected chi connectivity index (χ4v) is 4.20. The van der Waals surface area contributed by atoms with Crippen LogP contribution in [0.1, 0.15) is 28.6 Å². The second-order valence-electron chi connectivity index (χ2n) is 8.87. The number of amides is 2. The van der Waals surface area contributed by atoms with Crippen LogP contribution in [0.3, 0.4) is 0 Å². The Balaban J connectivity index is 1.41. The van der Waals surface area contributed by atoms with Crippen molar-refractivity contribution in [2.75, 3.05) is 11.9 Å². The minimum absolute atomic E-state index is 0.157. The molecule has 2 aromatic heterocycles. The molecule has 2 heterocycles. The molecule has 0 saturated heterocycles. The molecule has 0 radical (unpaired) electrons. The van der Waals surface area contributed by atoms with E-state index in [1.807, 2.05) is 78.9 Å². The number of anilines is 1. The Morgan fingerprint density at radius 2 is 1.61 bits per heavy atom. The largest absolute Gasteiger partial charge is 0.467 e. The Hall–Kier alpha value is -4.91. The molecule has 0 spiro atoms. The first-order chi connectivity index (χ1) is 18.6. The number of rotatable bonds is 9. The first kappa shape index (κ1) is 24.8. The zero-order valence-corrected chi connectivity index (χ0v) is 21.1. The number of furan rings is 1. The molecule has 0 unspecified atom stereocenters. The van der Waals surface area contributed by atoms with E-state index in [9.17, 15) is 9.59 Å². The number of nitrogens with one attached hydrogen (secondary N) is 1. The van der Waals surface area contributed by atoms with E-state index in [2.05, 4.69) is 12.2 Å². The Morgan fingerprint density at radius 1 is 0.895 bits per heavy atom. The molecule has 2 amide bonds. The van der Waals surface area contributed by atoms with Crippen LogP contribution in [0.5, 0.6) is 0 Å². The Kier molecular flexibility index (Phi) is 7.45. The molecule has 0 saturated carbocycles. The zero-order valence-electron chi connectivity index (χ0n) is 21.1. The normalized spacial score (nSPS) is 10.8. The molecule has 0 aliphatic carbocycles. The van der Waals surface area contributed by atoms with Crippen LogP contribution in [-0.2, 0) is 17.8 Å². The second-order valence-corrected chi connectivity index (χ2v) is 8.87. The fourth-order valence-electron chi connectivity index (χ4n) is 4.20. The number of hydrogen-bond donors (Lipinski definition) is 1. The lowest BCUT2D eigenvalue weighted by Crippen LogP contribution is -2.37. The SMILES string of the molecule is CCc1ccc(C(=O)N(CC(=O)Nc2cc(-c3ccccc3)nn2-c2ccccc2)Cc2ccco2)cc1. The molecule has 3 aromatic carbocycles. The van der Waals surface area contributed by atoms with Crippen molar-refractivity contribution in [1.82, 2.24) is 14.7 Å². The van der Waals surface area contributed by atoms with Crippen LogP contribution in [0.25, 0.3) is 16.9 Å². The van der Waals surface area contributed by atoms with Crippen LogP contribution < -0.4 is 5.32 Å². The maximum atomic E-state index is 13.4. The summed E-state index contributed by atoms with van der Waals surface area (Å²) in [5.41, 5.74) is 4.12. The van der Waals surface area contributed by atoms with Crippen molar-refractivity contribution in [3.63, 3.8) is 0 Å². The van der Waals surface area contributed by atoms with E-state index in [0.29, 0.717) is 17.1 Å². The van der Waals surface area contributed by atoms with Crippen molar-refractivity contribution < 1.29 is 14.0 Å². The van der Waals surface area contributed by atoms with E-state index in [4.69, 9.17) is 9.52 Å². The summed E-state index contributed by atoms with van der Waals surface area (Å²) in [5.74, 6) is 0.516. The third kappa shape index (κ3) is 5.73. The van der Waals surface area contributed by atoms with E-state index in [-0.39, 0.29) is 24.9 Å². The minimum atomic E-state index is -0.341. The van der Waals surface area contributed by atoms with Crippen molar-refractivity contribution in [1.29, 1.82) is 0 Å². The van der Waals surface area contributed by atoms with Gasteiger partial charge in [-0.1, -0.05) is 67.6 Å². The monoisotopic (exact) mass is 504 g/mol. The Labute approximate surface area is 221 Å². The highest BCUT2D eigenvalue weighted by Crippen LogP contribution is 2.25. The number of hydrogen-bond acceptors (Lipinski definition) is 4. The smallest absolute Gasteiger partial charge is 0.254 e. The molecule has 7 heteroatoms. The molecule has 7 nitrogen and oxygen atoms in total. The fraction of sp³-hybridized carbons (Fsp3) is 0.129. The van der Waals surface area contributed by atoms with Gasteiger partial charge in [0.25, 0.3) is 5.91 Å². The highest BCUT2D eigenvalue weighted by Gasteiger charge is 2.22. The third-order valence-corrected chi connectivity index (χ3v) is 6.20. The number of para-hydroxylation sites is 1. The van der Waals surface area contributed by atoms with Crippen molar-refractivity contribution in [3.8, 4) is 16.9 Å². The van der Waals surface area contributed by atoms with Gasteiger partial charge in [0.05, 0.1) is 24.2 Å². The van der Waals surface area contributed by atoms with E-state index < -0.39 is 0 Å². The second kappa shape index (κ2) is 11.4. The molecule has 190 valence electrons. The quantitative estimate of drug-likeness (QED) is 0.268. The average molecular weight is 505 g/mol. The lowest BCUT2D eigenvalue weighted by atomic mass is 10.1. The highest BCUT2D eigenvalue weighted by atomic mass is 16.3. The van der Waals surface area contributed by atoms with Crippen LogP contribution in [0.15, 0.2) is 114 Å². The highest BCUT2D eigenvalue weighted by molar-refractivity contribution is 5.99. The van der Waals surface area contributed by atoms with Gasteiger partial charge in [0, 0.05) is 17.2 Å². The molecule has 0 bridgehead atoms. The first-order valence-electron chi connectivity index (χ1n) is 12.5. The van der Waals surface area contributed by atoms with Crippen molar-refractivity contribution in [2.24, 2.45) is 0 Å². The summed E-state index contributed by atoms with van der Waals surface area (Å²) in [7, 11) is 0. The van der Waals surface area contributed by atoms with Crippen LogP contribution in [0.4, 0.5) is 5.82 Å². The summed E-state index contributed by atoms with van der Waals surface area (Å²) < 4.78 is 7.17. The summed E-state index contributed by atoms with van der Waals surface area (Å²) in [6.07, 6.45) is 2.44. The predicted molar refractivity (Wildman–Crippen MR) is 147 cm³/mol. The van der Waals surface area contributed by atoms with E-state index in [1.54, 1.807) is 35.2 Å². The number of nitrogens with zero attached hydrogens (tertiary/aromatic N) is 3. The minimum Gasteiger partial charge on any atom is -0.467 e. The van der Waals surface area contributed by atoms with Gasteiger partial charge in [-0.15, -0.1) is 0 Å². The van der Waals surface area contributed by atoms with Crippen LogP contribution in [-0.4, -0.2) is 33.0 Å². The van der Waals surface area contributed by atoms with Crippen LogP contribution in [0, 0.1) is 0 Å². The van der Waals surface area contributed by atoms with Gasteiger partial charge in [-0.05, 0) is 48.4 Å². The maximum Gasteiger partial charge on any atom is 0.254 e. The molecule has 5 aromatic rings. The molecule has 5 rings (SSSR count). The summed E-state index contributed by atoms with van der Waals surface area (Å²) in [4.78, 5) is 28.2. The molecule has 1 N–H and O–H groups in total. The summed E-state index contributed by atoms with van der Waals surface area (Å²) in [6.45, 7) is 2.07. The van der Waals surface area contributed by atoms with Gasteiger partial charge in [-0.2, -0.15) is 5.10 Å². The molecular formula is C31H28N4O3. The number of carbonyl (C=O) groups excluding carboxylic acids is 2. The van der Waals surface area contributed by atoms with Crippen molar-refractivity contribution in [2.45, 2.75) is 19.9 Å². The van der Waals surface area contributed by atoms with E-state index in [1.165, 1.54) is 4.90 Å². The van der Waals surface area contributed by atoms with Gasteiger partial charge in [-0.25, -0.2) is 4.68 Å². The van der Waals surface area contributed by atoms with Crippen molar-refractivity contribution in [3.05, 3.63) is 126 Å². The summed E-state index contributed by atoms with van der Waals surface area (Å²) in [5, 5.41) is 7.72. The topological polar surface area (TPSA) is 80.4 Å². The van der Waals surface area contributed by atoms with Gasteiger partial charge in [-0.3, -0.25) is 9.59 Å². The van der Waals surface area contributed by atoms with Crippen LogP contribution >= 0.6 is 0 Å². The predicted octanol–water partition coefficient (Wildman–Crippen LogP) is 5.98. The standard InChI is InChI=1S/C31H28N4O3/c1-2-23-15-17-25(18-16-23)31(37)34(21-27-14-9-19-38-27)22-30(36)32-29-20-28(24-10-5-3-6-11-24)33-35(29)26-12-7-4-8-13-26/h3-20H,2,21-22H2,1H3,(H,32,36). The van der Waals surface area contributed by atoms with Crippen molar-refractivity contribution >= 4 is 17.6 Å². The van der Waals surface area contributed by atoms with Crippen LogP contribution in [0.2, 0.25) is 0 Å². The first-order valence-corrected chi connectivity index (χ1v) is 12.5. The lowest BCUT2D eigenvalue weighted by Gasteiger charge is -2.21. The third-order valence-electron chi connectivity index (χ3n) is 6.20. The van der Waals surface area contributed by atoms with Gasteiger partial charge in [0.15, 0.2) is 0 Å². The van der Waals surface area contributed by atoms with E-state index >= 15 is 0 Å². The average Bonchev–Trinajstić information content (AvgIpc) is 3.63. The number of benzene rings is 3. The van der Waals surface area contributed by atoms with E-state index in [0.717, 1.165) is 28.9 Å². The maximum absolute atomic E-state index is 13.4. The molecule has 0 atom stereocenters. The molecule has 0 fully saturated rings. The lowest BCUT2D eigenvalue weighted by molar-refractivity contribution is -0.117. The summed E-state index contributed by atoms with van der Waals surface area (Å²) in [6, 6.07) is 32.2. The van der Waals surface area contributed by atoms with Gasteiger partial charge < -0.3 is 14.6 Å². The van der Waals surface area contributed by atoms with Gasteiger partial charge in [0.2, 0.25) is 5.91 Å². The number of carbonyl (C=O) groups is 2. The zero-order chi connectivity index (χ0) is 26.3. The summed E-state index contributed by atoms with van der Waals surface area (Å²) >= 11 is 0. The molecule has 0 aliphatic heterocycles. The Morgan fingerprint density at radius 3 is 2.26 bits per heavy atom. The Bertz CT molecular complexity index is 1490.